The molecule has 5 heteroatoms. The summed E-state index contributed by atoms with van der Waals surface area (Å²) < 4.78 is 1.95. The van der Waals surface area contributed by atoms with E-state index in [0.29, 0.717) is 5.82 Å². The summed E-state index contributed by atoms with van der Waals surface area (Å²) in [5.41, 5.74) is 8.23. The smallest absolute Gasteiger partial charge is 0.189 e. The van der Waals surface area contributed by atoms with Crippen LogP contribution < -0.4 is 0 Å². The first kappa shape index (κ1) is 19.5. The van der Waals surface area contributed by atoms with Gasteiger partial charge in [-0.15, -0.1) is 5.10 Å². The van der Waals surface area contributed by atoms with Gasteiger partial charge in [-0.25, -0.2) is 14.5 Å². The van der Waals surface area contributed by atoms with Gasteiger partial charge in [-0.05, 0) is 26.2 Å². The van der Waals surface area contributed by atoms with E-state index in [2.05, 4.69) is 74.5 Å². The number of fused-ring (bicyclic) bond motifs is 1. The van der Waals surface area contributed by atoms with E-state index in [4.69, 9.17) is 15.1 Å². The normalized spacial score (nSPS) is 11.2. The van der Waals surface area contributed by atoms with Gasteiger partial charge in [-0.3, -0.25) is 0 Å². The van der Waals surface area contributed by atoms with Crippen LogP contribution in [0.15, 0.2) is 84.0 Å². The quantitative estimate of drug-likeness (QED) is 0.312. The Morgan fingerprint density at radius 3 is 2.10 bits per heavy atom. The summed E-state index contributed by atoms with van der Waals surface area (Å²) in [6, 6.07) is 27.0. The van der Waals surface area contributed by atoms with Crippen LogP contribution in [0, 0.1) is 13.8 Å². The van der Waals surface area contributed by atoms with Gasteiger partial charge in [0.2, 0.25) is 0 Å². The number of hydrogen-bond donors (Lipinski definition) is 0. The van der Waals surface area contributed by atoms with Gasteiger partial charge in [0.1, 0.15) is 16.9 Å². The minimum atomic E-state index is 0.691. The van der Waals surface area contributed by atoms with Crippen molar-refractivity contribution in [2.75, 3.05) is 6.26 Å². The van der Waals surface area contributed by atoms with Crippen molar-refractivity contribution in [3.05, 3.63) is 90.0 Å². The number of rotatable bonds is 4. The van der Waals surface area contributed by atoms with Crippen LogP contribution in [0.4, 0.5) is 0 Å². The van der Waals surface area contributed by atoms with Crippen LogP contribution in [-0.4, -0.2) is 25.8 Å². The van der Waals surface area contributed by atoms with Gasteiger partial charge in [0, 0.05) is 16.7 Å². The predicted octanol–water partition coefficient (Wildman–Crippen LogP) is 6.46. The van der Waals surface area contributed by atoms with Crippen molar-refractivity contribution in [3.8, 4) is 33.9 Å². The molecule has 0 saturated carbocycles. The van der Waals surface area contributed by atoms with Crippen LogP contribution in [0.5, 0.6) is 0 Å². The Balaban J connectivity index is 1.87. The summed E-state index contributed by atoms with van der Waals surface area (Å²) in [5.74, 6) is 0.691. The number of thioether (sulfide) groups is 1. The Hall–Kier alpha value is -3.44. The third-order valence-corrected chi connectivity index (χ3v) is 5.92. The molecule has 2 aromatic heterocycles. The summed E-state index contributed by atoms with van der Waals surface area (Å²) >= 11 is 1.59. The van der Waals surface area contributed by atoms with Gasteiger partial charge in [0.15, 0.2) is 11.0 Å². The van der Waals surface area contributed by atoms with Gasteiger partial charge < -0.3 is 0 Å². The third kappa shape index (κ3) is 3.62. The highest BCUT2D eigenvalue weighted by Gasteiger charge is 2.21. The Labute approximate surface area is 186 Å². The second kappa shape index (κ2) is 8.00. The zero-order chi connectivity index (χ0) is 21.4. The highest BCUT2D eigenvalue weighted by molar-refractivity contribution is 7.98. The van der Waals surface area contributed by atoms with Crippen LogP contribution in [0.3, 0.4) is 0 Å². The van der Waals surface area contributed by atoms with E-state index in [-0.39, 0.29) is 0 Å². The average Bonchev–Trinajstić information content (AvgIpc) is 3.18. The fraction of sp³-hybridized carbons (Fsp3) is 0.115. The van der Waals surface area contributed by atoms with Crippen LogP contribution in [0.2, 0.25) is 0 Å². The number of benzene rings is 3. The van der Waals surface area contributed by atoms with Crippen molar-refractivity contribution >= 4 is 17.3 Å². The average molecular weight is 423 g/mol. The first-order valence-electron chi connectivity index (χ1n) is 10.2. The molecule has 152 valence electrons. The highest BCUT2D eigenvalue weighted by Crippen LogP contribution is 2.35. The molecule has 31 heavy (non-hydrogen) atoms. The molecule has 0 radical (unpaired) electrons. The van der Waals surface area contributed by atoms with Crippen molar-refractivity contribution in [2.45, 2.75) is 19.0 Å². The van der Waals surface area contributed by atoms with Crippen LogP contribution in [0.25, 0.3) is 39.4 Å². The van der Waals surface area contributed by atoms with Crippen molar-refractivity contribution in [3.63, 3.8) is 0 Å². The molecule has 0 aliphatic heterocycles. The molecule has 0 unspecified atom stereocenters. The Morgan fingerprint density at radius 2 is 1.39 bits per heavy atom. The molecule has 0 spiro atoms. The van der Waals surface area contributed by atoms with E-state index in [9.17, 15) is 0 Å². The first-order chi connectivity index (χ1) is 15.1. The molecule has 0 saturated heterocycles. The maximum absolute atomic E-state index is 5.06. The van der Waals surface area contributed by atoms with Crippen molar-refractivity contribution in [2.24, 2.45) is 0 Å². The van der Waals surface area contributed by atoms with E-state index in [0.717, 1.165) is 38.8 Å². The third-order valence-electron chi connectivity index (χ3n) is 5.29. The predicted molar refractivity (Wildman–Crippen MR) is 128 cm³/mol. The maximum atomic E-state index is 5.06. The monoisotopic (exact) mass is 422 g/mol. The highest BCUT2D eigenvalue weighted by atomic mass is 32.2. The number of aryl methyl sites for hydroxylation is 2. The molecule has 0 bridgehead atoms. The summed E-state index contributed by atoms with van der Waals surface area (Å²) in [5, 5.41) is 5.77. The second-order valence-corrected chi connectivity index (χ2v) is 8.37. The Kier molecular flexibility index (Phi) is 5.04. The van der Waals surface area contributed by atoms with Crippen molar-refractivity contribution < 1.29 is 0 Å². The van der Waals surface area contributed by atoms with Gasteiger partial charge in [0.05, 0.1) is 0 Å². The standard InChI is InChI=1S/C26H22N4S/c1-17-12-14-20(15-13-17)25-27-23(21-11-7-8-18(2)16-21)24-22(19-9-5-4-6-10-19)28-26(31-3)30(24)29-25/h4-16H,1-3H3. The van der Waals surface area contributed by atoms with E-state index >= 15 is 0 Å². The zero-order valence-electron chi connectivity index (χ0n) is 17.7. The molecule has 0 atom stereocenters. The minimum Gasteiger partial charge on any atom is -0.224 e. The number of imidazole rings is 1. The molecule has 3 aromatic carbocycles. The fourth-order valence-electron chi connectivity index (χ4n) is 3.72. The summed E-state index contributed by atoms with van der Waals surface area (Å²) in [6.07, 6.45) is 2.03. The zero-order valence-corrected chi connectivity index (χ0v) is 18.5. The lowest BCUT2D eigenvalue weighted by atomic mass is 10.0. The van der Waals surface area contributed by atoms with E-state index in [1.165, 1.54) is 11.1 Å². The molecule has 4 nitrogen and oxygen atoms in total. The van der Waals surface area contributed by atoms with Crippen molar-refractivity contribution in [1.29, 1.82) is 0 Å². The molecule has 0 fully saturated rings. The minimum absolute atomic E-state index is 0.691. The lowest BCUT2D eigenvalue weighted by molar-refractivity contribution is 0.806. The van der Waals surface area contributed by atoms with Gasteiger partial charge >= 0.3 is 0 Å². The van der Waals surface area contributed by atoms with Crippen LogP contribution in [-0.2, 0) is 0 Å². The number of aromatic nitrogens is 4. The van der Waals surface area contributed by atoms with E-state index < -0.39 is 0 Å². The molecule has 0 amide bonds. The first-order valence-corrected chi connectivity index (χ1v) is 11.4. The van der Waals surface area contributed by atoms with E-state index in [1.807, 2.05) is 29.0 Å². The summed E-state index contributed by atoms with van der Waals surface area (Å²) in [6.45, 7) is 4.18. The molecule has 0 aliphatic carbocycles. The van der Waals surface area contributed by atoms with Gasteiger partial charge in [0.25, 0.3) is 0 Å². The van der Waals surface area contributed by atoms with Crippen LogP contribution in [0.1, 0.15) is 11.1 Å². The summed E-state index contributed by atoms with van der Waals surface area (Å²) in [7, 11) is 0. The molecule has 2 heterocycles. The number of nitrogens with zero attached hydrogens (tertiary/aromatic N) is 4. The SMILES string of the molecule is CSc1nc(-c2ccccc2)c2c(-c3cccc(C)c3)nc(-c3ccc(C)cc3)nn12. The molecule has 0 aliphatic rings. The topological polar surface area (TPSA) is 43.1 Å². The molecular formula is C26H22N4S. The second-order valence-electron chi connectivity index (χ2n) is 7.59. The van der Waals surface area contributed by atoms with Gasteiger partial charge in [-0.2, -0.15) is 0 Å². The summed E-state index contributed by atoms with van der Waals surface area (Å²) in [4.78, 5) is 10.0. The number of hydrogen-bond acceptors (Lipinski definition) is 4. The maximum Gasteiger partial charge on any atom is 0.189 e. The largest absolute Gasteiger partial charge is 0.224 e. The lowest BCUT2D eigenvalue weighted by Crippen LogP contribution is -2.02. The Morgan fingerprint density at radius 1 is 0.677 bits per heavy atom. The molecule has 0 N–H and O–H groups in total. The molecule has 5 aromatic rings. The van der Waals surface area contributed by atoms with Gasteiger partial charge in [-0.1, -0.05) is 95.7 Å². The van der Waals surface area contributed by atoms with E-state index in [1.54, 1.807) is 11.8 Å². The van der Waals surface area contributed by atoms with Crippen molar-refractivity contribution in [1.82, 2.24) is 19.6 Å². The molecular weight excluding hydrogens is 400 g/mol. The Bertz CT molecular complexity index is 1370. The van der Waals surface area contributed by atoms with Crippen LogP contribution >= 0.6 is 11.8 Å². The molecule has 5 rings (SSSR count). The fourth-order valence-corrected chi connectivity index (χ4v) is 4.21. The lowest BCUT2D eigenvalue weighted by Gasteiger charge is -2.10.